The minimum Gasteiger partial charge on any atom is -0.460 e. The van der Waals surface area contributed by atoms with E-state index in [2.05, 4.69) is 4.98 Å². The molecule has 0 bridgehead atoms. The van der Waals surface area contributed by atoms with Gasteiger partial charge in [0.2, 0.25) is 0 Å². The summed E-state index contributed by atoms with van der Waals surface area (Å²) in [6.45, 7) is 7.60. The zero-order valence-electron chi connectivity index (χ0n) is 13.9. The monoisotopic (exact) mass is 359 g/mol. The van der Waals surface area contributed by atoms with Crippen LogP contribution in [0.2, 0.25) is 0 Å². The number of ether oxygens (including phenoxy) is 3. The van der Waals surface area contributed by atoms with Crippen LogP contribution in [0.25, 0.3) is 0 Å². The quantitative estimate of drug-likeness (QED) is 0.340. The molecule has 1 heterocycles. The largest absolute Gasteiger partial charge is 0.460 e. The maximum Gasteiger partial charge on any atom is 0.308 e. The predicted octanol–water partition coefficient (Wildman–Crippen LogP) is 3.59. The number of pyridine rings is 1. The molecule has 0 aliphatic rings. The zero-order valence-corrected chi connectivity index (χ0v) is 15.6. The van der Waals surface area contributed by atoms with Crippen molar-refractivity contribution in [3.05, 3.63) is 24.4 Å². The summed E-state index contributed by atoms with van der Waals surface area (Å²) >= 11 is 0. The zero-order chi connectivity index (χ0) is 17.0. The van der Waals surface area contributed by atoms with Crippen molar-refractivity contribution in [1.29, 1.82) is 0 Å². The molecule has 0 unspecified atom stereocenters. The van der Waals surface area contributed by atoms with Crippen molar-refractivity contribution < 1.29 is 19.0 Å². The minimum atomic E-state index is -0.439. The number of hydrogen-bond acceptors (Lipinski definition) is 7. The second-order valence-corrected chi connectivity index (χ2v) is 8.07. The Bertz CT molecular complexity index is 437. The summed E-state index contributed by atoms with van der Waals surface area (Å²) < 4.78 is 16.0. The summed E-state index contributed by atoms with van der Waals surface area (Å²) in [5, 5.41) is 1.00. The van der Waals surface area contributed by atoms with Crippen LogP contribution in [0.4, 0.5) is 0 Å². The van der Waals surface area contributed by atoms with E-state index in [-0.39, 0.29) is 12.4 Å². The van der Waals surface area contributed by atoms with Gasteiger partial charge in [0.05, 0.1) is 32.8 Å². The predicted molar refractivity (Wildman–Crippen MR) is 94.7 cm³/mol. The molecule has 5 nitrogen and oxygen atoms in total. The SMILES string of the molecule is CC(C)(C)OC(=O)CCOCCOCCSSc1ccccn1. The van der Waals surface area contributed by atoms with E-state index in [1.165, 1.54) is 0 Å². The van der Waals surface area contributed by atoms with Crippen LogP contribution in [0.1, 0.15) is 27.2 Å². The van der Waals surface area contributed by atoms with E-state index in [0.29, 0.717) is 26.4 Å². The van der Waals surface area contributed by atoms with E-state index in [4.69, 9.17) is 14.2 Å². The first-order chi connectivity index (χ1) is 11.0. The van der Waals surface area contributed by atoms with Gasteiger partial charge in [0.25, 0.3) is 0 Å². The first-order valence-electron chi connectivity index (χ1n) is 7.55. The first kappa shape index (κ1) is 20.3. The lowest BCUT2D eigenvalue weighted by Gasteiger charge is -2.19. The van der Waals surface area contributed by atoms with Crippen LogP contribution in [0.5, 0.6) is 0 Å². The van der Waals surface area contributed by atoms with E-state index in [1.807, 2.05) is 39.0 Å². The molecular weight excluding hydrogens is 334 g/mol. The molecule has 1 aromatic rings. The Morgan fingerprint density at radius 3 is 2.52 bits per heavy atom. The molecule has 0 N–H and O–H groups in total. The summed E-state index contributed by atoms with van der Waals surface area (Å²) in [5.74, 6) is 0.653. The van der Waals surface area contributed by atoms with Crippen molar-refractivity contribution in [1.82, 2.24) is 4.98 Å². The highest BCUT2D eigenvalue weighted by molar-refractivity contribution is 8.76. The third kappa shape index (κ3) is 12.3. The summed E-state index contributed by atoms with van der Waals surface area (Å²) in [6.07, 6.45) is 2.06. The molecule has 0 atom stereocenters. The lowest BCUT2D eigenvalue weighted by atomic mass is 10.2. The number of carbonyl (C=O) groups is 1. The Balaban J connectivity index is 1.86. The topological polar surface area (TPSA) is 57.7 Å². The van der Waals surface area contributed by atoms with Crippen molar-refractivity contribution in [2.24, 2.45) is 0 Å². The molecule has 0 spiro atoms. The van der Waals surface area contributed by atoms with Gasteiger partial charge >= 0.3 is 5.97 Å². The molecule has 0 saturated carbocycles. The van der Waals surface area contributed by atoms with Crippen LogP contribution < -0.4 is 0 Å². The van der Waals surface area contributed by atoms with E-state index >= 15 is 0 Å². The standard InChI is InChI=1S/C16H25NO4S2/c1-16(2,3)21-15(18)7-9-19-10-11-20-12-13-22-23-14-6-4-5-8-17-14/h4-6,8H,7,9-13H2,1-3H3. The number of nitrogens with zero attached hydrogens (tertiary/aromatic N) is 1. The third-order valence-electron chi connectivity index (χ3n) is 2.34. The van der Waals surface area contributed by atoms with Gasteiger partial charge < -0.3 is 14.2 Å². The van der Waals surface area contributed by atoms with Crippen LogP contribution in [0, 0.1) is 0 Å². The molecule has 23 heavy (non-hydrogen) atoms. The normalized spacial score (nSPS) is 11.4. The number of esters is 1. The Kier molecular flexibility index (Phi) is 10.3. The van der Waals surface area contributed by atoms with E-state index in [9.17, 15) is 4.79 Å². The fraction of sp³-hybridized carbons (Fsp3) is 0.625. The lowest BCUT2D eigenvalue weighted by Crippen LogP contribution is -2.24. The molecule has 0 aromatic carbocycles. The summed E-state index contributed by atoms with van der Waals surface area (Å²) in [6, 6.07) is 5.86. The van der Waals surface area contributed by atoms with Gasteiger partial charge in [-0.05, 0) is 43.7 Å². The van der Waals surface area contributed by atoms with Crippen LogP contribution in [-0.4, -0.2) is 48.7 Å². The van der Waals surface area contributed by atoms with E-state index in [1.54, 1.807) is 27.8 Å². The molecular formula is C16H25NO4S2. The number of rotatable bonds is 11. The first-order valence-corrected chi connectivity index (χ1v) is 9.87. The van der Waals surface area contributed by atoms with Gasteiger partial charge in [-0.2, -0.15) is 0 Å². The molecule has 0 aliphatic heterocycles. The Hall–Kier alpha value is -0.760. The second-order valence-electron chi connectivity index (χ2n) is 5.63. The van der Waals surface area contributed by atoms with E-state index in [0.717, 1.165) is 10.8 Å². The van der Waals surface area contributed by atoms with E-state index < -0.39 is 5.60 Å². The summed E-state index contributed by atoms with van der Waals surface area (Å²) in [5.41, 5.74) is -0.439. The molecule has 1 aromatic heterocycles. The Morgan fingerprint density at radius 2 is 1.87 bits per heavy atom. The highest BCUT2D eigenvalue weighted by Gasteiger charge is 2.15. The summed E-state index contributed by atoms with van der Waals surface area (Å²) in [7, 11) is 3.35. The Morgan fingerprint density at radius 1 is 1.13 bits per heavy atom. The van der Waals surface area contributed by atoms with Gasteiger partial charge in [-0.25, -0.2) is 4.98 Å². The average molecular weight is 360 g/mol. The molecule has 0 fully saturated rings. The van der Waals surface area contributed by atoms with Gasteiger partial charge in [-0.15, -0.1) is 0 Å². The van der Waals surface area contributed by atoms with Gasteiger partial charge in [0.15, 0.2) is 0 Å². The van der Waals surface area contributed by atoms with Crippen LogP contribution in [0.15, 0.2) is 29.4 Å². The fourth-order valence-corrected chi connectivity index (χ4v) is 3.20. The summed E-state index contributed by atoms with van der Waals surface area (Å²) in [4.78, 5) is 15.7. The number of carbonyl (C=O) groups excluding carboxylic acids is 1. The van der Waals surface area contributed by atoms with Gasteiger partial charge in [-0.3, -0.25) is 4.79 Å². The van der Waals surface area contributed by atoms with Gasteiger partial charge in [-0.1, -0.05) is 16.9 Å². The van der Waals surface area contributed by atoms with Gasteiger partial charge in [0, 0.05) is 11.9 Å². The van der Waals surface area contributed by atoms with Gasteiger partial charge in [0.1, 0.15) is 10.6 Å². The van der Waals surface area contributed by atoms with Crippen molar-refractivity contribution >= 4 is 27.6 Å². The van der Waals surface area contributed by atoms with Crippen LogP contribution in [-0.2, 0) is 19.0 Å². The average Bonchev–Trinajstić information content (AvgIpc) is 2.48. The fourth-order valence-electron chi connectivity index (χ4n) is 1.46. The highest BCUT2D eigenvalue weighted by Crippen LogP contribution is 2.28. The molecule has 130 valence electrons. The molecule has 0 radical (unpaired) electrons. The maximum atomic E-state index is 11.4. The molecule has 1 rings (SSSR count). The highest BCUT2D eigenvalue weighted by atomic mass is 33.1. The second kappa shape index (κ2) is 11.7. The third-order valence-corrected chi connectivity index (χ3v) is 4.56. The number of hydrogen-bond donors (Lipinski definition) is 0. The van der Waals surface area contributed by atoms with Crippen molar-refractivity contribution in [2.75, 3.05) is 32.2 Å². The van der Waals surface area contributed by atoms with Crippen molar-refractivity contribution in [2.45, 2.75) is 37.8 Å². The molecule has 0 saturated heterocycles. The smallest absolute Gasteiger partial charge is 0.308 e. The van der Waals surface area contributed by atoms with Crippen molar-refractivity contribution in [3.63, 3.8) is 0 Å². The maximum absolute atomic E-state index is 11.4. The molecule has 0 aliphatic carbocycles. The van der Waals surface area contributed by atoms with Crippen LogP contribution >= 0.6 is 21.6 Å². The minimum absolute atomic E-state index is 0.235. The Labute approximate surface area is 146 Å². The molecule has 0 amide bonds. The van der Waals surface area contributed by atoms with Crippen LogP contribution in [0.3, 0.4) is 0 Å². The van der Waals surface area contributed by atoms with Crippen molar-refractivity contribution in [3.8, 4) is 0 Å². The number of aromatic nitrogens is 1. The molecule has 7 heteroatoms. The lowest BCUT2D eigenvalue weighted by molar-refractivity contribution is -0.156.